The first-order valence-corrected chi connectivity index (χ1v) is 12.9. The van der Waals surface area contributed by atoms with Crippen molar-refractivity contribution >= 4 is 37.8 Å². The Labute approximate surface area is 203 Å². The number of hydrogen-bond acceptors (Lipinski definition) is 3. The lowest BCUT2D eigenvalue weighted by atomic mass is 9.97. The number of sulfone groups is 1. The Morgan fingerprint density at radius 3 is 2.27 bits per heavy atom. The number of carbonyl (C=O) groups excluding carboxylic acids is 1. The lowest BCUT2D eigenvalue weighted by Gasteiger charge is -2.35. The van der Waals surface area contributed by atoms with Crippen LogP contribution < -0.4 is 0 Å². The van der Waals surface area contributed by atoms with E-state index in [-0.39, 0.29) is 17.9 Å². The number of carbonyl (C=O) groups is 1. The molecule has 1 amide bonds. The lowest BCUT2D eigenvalue weighted by molar-refractivity contribution is -0.130. The maximum Gasteiger partial charge on any atom is 0.246 e. The summed E-state index contributed by atoms with van der Waals surface area (Å²) >= 11 is 3.43. The molecule has 3 aromatic rings. The molecule has 1 saturated heterocycles. The number of rotatable bonds is 5. The van der Waals surface area contributed by atoms with Gasteiger partial charge in [-0.25, -0.2) is 8.42 Å². The van der Waals surface area contributed by atoms with Crippen LogP contribution >= 0.6 is 15.9 Å². The molecule has 0 spiro atoms. The topological polar surface area (TPSA) is 54.5 Å². The van der Waals surface area contributed by atoms with Gasteiger partial charge in [-0.1, -0.05) is 82.7 Å². The van der Waals surface area contributed by atoms with Gasteiger partial charge < -0.3 is 4.90 Å². The monoisotopic (exact) mass is 521 g/mol. The summed E-state index contributed by atoms with van der Waals surface area (Å²) in [5.41, 5.74) is 4.03. The zero-order valence-corrected chi connectivity index (χ0v) is 20.6. The highest BCUT2D eigenvalue weighted by molar-refractivity contribution is 9.10. The van der Waals surface area contributed by atoms with E-state index in [1.807, 2.05) is 67.6 Å². The number of halogens is 1. The van der Waals surface area contributed by atoms with Gasteiger partial charge in [0.1, 0.15) is 5.25 Å². The molecule has 1 atom stereocenters. The zero-order chi connectivity index (χ0) is 23.6. The van der Waals surface area contributed by atoms with Gasteiger partial charge in [-0.05, 0) is 54.0 Å². The molecule has 1 heterocycles. The Balaban J connectivity index is 1.77. The molecule has 168 valence electrons. The van der Waals surface area contributed by atoms with Crippen LogP contribution in [0.15, 0.2) is 106 Å². The fourth-order valence-electron chi connectivity index (χ4n) is 3.86. The number of allylic oxidation sites excluding steroid dienone is 1. The Kier molecular flexibility index (Phi) is 6.68. The number of amides is 1. The predicted octanol–water partition coefficient (Wildman–Crippen LogP) is 5.93. The minimum absolute atomic E-state index is 0.0786. The van der Waals surface area contributed by atoms with Crippen molar-refractivity contribution in [3.05, 3.63) is 118 Å². The molecule has 0 N–H and O–H groups in total. The first kappa shape index (κ1) is 23.2. The normalized spacial score (nSPS) is 18.1. The first-order chi connectivity index (χ1) is 15.8. The van der Waals surface area contributed by atoms with E-state index in [4.69, 9.17) is 0 Å². The van der Waals surface area contributed by atoms with E-state index in [2.05, 4.69) is 22.5 Å². The molecule has 0 saturated carbocycles. The molecule has 1 fully saturated rings. The van der Waals surface area contributed by atoms with Crippen LogP contribution in [0.5, 0.6) is 0 Å². The number of likely N-dealkylation sites (tertiary alicyclic amines) is 1. The van der Waals surface area contributed by atoms with Gasteiger partial charge in [0.25, 0.3) is 0 Å². The van der Waals surface area contributed by atoms with Gasteiger partial charge in [-0.2, -0.15) is 0 Å². The molecule has 1 aliphatic heterocycles. The first-order valence-electron chi connectivity index (χ1n) is 10.6. The van der Waals surface area contributed by atoms with Crippen LogP contribution in [-0.4, -0.2) is 24.5 Å². The average Bonchev–Trinajstić information content (AvgIpc) is 2.80. The molecule has 4 nitrogen and oxygen atoms in total. The van der Waals surface area contributed by atoms with Crippen LogP contribution in [0.25, 0.3) is 6.08 Å². The summed E-state index contributed by atoms with van der Waals surface area (Å²) in [4.78, 5) is 15.2. The van der Waals surface area contributed by atoms with E-state index < -0.39 is 21.0 Å². The highest BCUT2D eigenvalue weighted by Crippen LogP contribution is 2.35. The van der Waals surface area contributed by atoms with Crippen molar-refractivity contribution in [2.75, 3.05) is 0 Å². The average molecular weight is 522 g/mol. The summed E-state index contributed by atoms with van der Waals surface area (Å²) in [5, 5.41) is -1.21. The van der Waals surface area contributed by atoms with Gasteiger partial charge in [0.15, 0.2) is 9.84 Å². The number of nitrogens with zero attached hydrogens (tertiary/aromatic N) is 1. The molecule has 33 heavy (non-hydrogen) atoms. The van der Waals surface area contributed by atoms with E-state index in [0.717, 1.165) is 26.7 Å². The van der Waals surface area contributed by atoms with Gasteiger partial charge >= 0.3 is 0 Å². The van der Waals surface area contributed by atoms with Crippen LogP contribution in [0.3, 0.4) is 0 Å². The van der Waals surface area contributed by atoms with Crippen molar-refractivity contribution < 1.29 is 13.2 Å². The van der Waals surface area contributed by atoms with Crippen molar-refractivity contribution in [3.8, 4) is 0 Å². The van der Waals surface area contributed by atoms with Gasteiger partial charge in [-0.15, -0.1) is 0 Å². The SMILES string of the molecule is C=C1/C(=C/c2ccc(Br)cc2)CC(S(=O)(=O)c2ccc(C)cc2)C(=O)N1Cc1ccccc1. The van der Waals surface area contributed by atoms with Crippen LogP contribution in [0.1, 0.15) is 23.1 Å². The maximum atomic E-state index is 13.5. The molecule has 3 aromatic carbocycles. The van der Waals surface area contributed by atoms with Crippen LogP contribution in [0.4, 0.5) is 0 Å². The van der Waals surface area contributed by atoms with Crippen molar-refractivity contribution in [1.29, 1.82) is 0 Å². The molecule has 0 bridgehead atoms. The minimum atomic E-state index is -3.89. The Morgan fingerprint density at radius 2 is 1.64 bits per heavy atom. The van der Waals surface area contributed by atoms with Crippen molar-refractivity contribution in [1.82, 2.24) is 4.90 Å². The van der Waals surface area contributed by atoms with Crippen molar-refractivity contribution in [2.45, 2.75) is 30.0 Å². The highest BCUT2D eigenvalue weighted by Gasteiger charge is 2.42. The van der Waals surface area contributed by atoms with Crippen LogP contribution in [0.2, 0.25) is 0 Å². The Bertz CT molecular complexity index is 1310. The Morgan fingerprint density at radius 1 is 1.00 bits per heavy atom. The lowest BCUT2D eigenvalue weighted by Crippen LogP contribution is -2.46. The Hall–Kier alpha value is -2.96. The van der Waals surface area contributed by atoms with Gasteiger partial charge in [0.05, 0.1) is 11.4 Å². The summed E-state index contributed by atoms with van der Waals surface area (Å²) in [5.74, 6) is -0.447. The fourth-order valence-corrected chi connectivity index (χ4v) is 5.76. The molecule has 0 aliphatic carbocycles. The van der Waals surface area contributed by atoms with E-state index in [1.165, 1.54) is 4.90 Å². The molecule has 6 heteroatoms. The van der Waals surface area contributed by atoms with Crippen LogP contribution in [-0.2, 0) is 21.2 Å². The number of benzene rings is 3. The maximum absolute atomic E-state index is 13.5. The van der Waals surface area contributed by atoms with Crippen molar-refractivity contribution in [3.63, 3.8) is 0 Å². The second-order valence-corrected chi connectivity index (χ2v) is 11.2. The third-order valence-corrected chi connectivity index (χ3v) is 8.34. The number of aryl methyl sites for hydroxylation is 1. The fraction of sp³-hybridized carbons (Fsp3) is 0.148. The molecule has 1 unspecified atom stereocenters. The van der Waals surface area contributed by atoms with E-state index in [1.54, 1.807) is 24.3 Å². The minimum Gasteiger partial charge on any atom is -0.307 e. The van der Waals surface area contributed by atoms with Crippen molar-refractivity contribution in [2.24, 2.45) is 0 Å². The largest absolute Gasteiger partial charge is 0.307 e. The summed E-state index contributed by atoms with van der Waals surface area (Å²) in [6, 6.07) is 23.9. The standard InChI is InChI=1S/C27H24BrNO3S/c1-19-8-14-25(15-9-19)33(31,32)26-17-23(16-21-10-12-24(28)13-11-21)20(2)29(27(26)30)18-22-6-4-3-5-7-22/h3-16,26H,2,17-18H2,1H3/b23-16+. The number of piperidine rings is 1. The van der Waals surface area contributed by atoms with Gasteiger partial charge in [-0.3, -0.25) is 4.79 Å². The van der Waals surface area contributed by atoms with E-state index >= 15 is 0 Å². The third kappa shape index (κ3) is 5.02. The number of hydrogen-bond donors (Lipinski definition) is 0. The third-order valence-electron chi connectivity index (χ3n) is 5.76. The van der Waals surface area contributed by atoms with Crippen LogP contribution in [0, 0.1) is 6.92 Å². The zero-order valence-electron chi connectivity index (χ0n) is 18.2. The van der Waals surface area contributed by atoms with Gasteiger partial charge in [0, 0.05) is 16.6 Å². The molecule has 4 rings (SSSR count). The smallest absolute Gasteiger partial charge is 0.246 e. The summed E-state index contributed by atoms with van der Waals surface area (Å²) in [6.45, 7) is 6.33. The molecule has 0 aromatic heterocycles. The second-order valence-electron chi connectivity index (χ2n) is 8.13. The summed E-state index contributed by atoms with van der Waals surface area (Å²) in [7, 11) is -3.89. The molecular formula is C27H24BrNO3S. The highest BCUT2D eigenvalue weighted by atomic mass is 79.9. The summed E-state index contributed by atoms with van der Waals surface area (Å²) < 4.78 is 28.0. The molecular weight excluding hydrogens is 498 g/mol. The second kappa shape index (κ2) is 9.49. The summed E-state index contributed by atoms with van der Waals surface area (Å²) in [6.07, 6.45) is 1.99. The molecule has 1 aliphatic rings. The quantitative estimate of drug-likeness (QED) is 0.418. The van der Waals surface area contributed by atoms with Gasteiger partial charge in [0.2, 0.25) is 5.91 Å². The molecule has 0 radical (unpaired) electrons. The predicted molar refractivity (Wildman–Crippen MR) is 135 cm³/mol. The van der Waals surface area contributed by atoms with E-state index in [9.17, 15) is 13.2 Å². The van der Waals surface area contributed by atoms with E-state index in [0.29, 0.717) is 5.70 Å².